The molecule has 3 aromatic carbocycles. The van der Waals surface area contributed by atoms with E-state index < -0.39 is 0 Å². The molecule has 2 heterocycles. The number of nitrogens with one attached hydrogen (secondary N) is 1. The monoisotopic (exact) mass is 641 g/mol. The zero-order valence-electron chi connectivity index (χ0n) is 28.0. The lowest BCUT2D eigenvalue weighted by Gasteiger charge is -2.35. The molecule has 1 aromatic heterocycles. The van der Waals surface area contributed by atoms with Gasteiger partial charge in [-0.1, -0.05) is 24.3 Å². The maximum Gasteiger partial charge on any atom is 0.228 e. The summed E-state index contributed by atoms with van der Waals surface area (Å²) in [7, 11) is 6.69. The van der Waals surface area contributed by atoms with Crippen LogP contribution in [-0.4, -0.2) is 76.2 Å². The number of fused-ring (bicyclic) bond motifs is 1. The third-order valence-electron chi connectivity index (χ3n) is 9.37. The Balaban J connectivity index is 1.27. The number of hydrogen-bond donors (Lipinski definition) is 1. The number of aromatic nitrogens is 1. The minimum absolute atomic E-state index is 0.103. The molecule has 9 heteroatoms. The molecule has 2 atom stereocenters. The van der Waals surface area contributed by atoms with Crippen LogP contribution < -0.4 is 19.5 Å². The van der Waals surface area contributed by atoms with Crippen LogP contribution in [0.4, 0.5) is 0 Å². The third-order valence-corrected chi connectivity index (χ3v) is 9.37. The van der Waals surface area contributed by atoms with E-state index in [1.54, 1.807) is 28.4 Å². The lowest BCUT2D eigenvalue weighted by Crippen LogP contribution is -2.47. The van der Waals surface area contributed by atoms with Gasteiger partial charge in [-0.05, 0) is 78.4 Å². The van der Waals surface area contributed by atoms with Crippen molar-refractivity contribution in [3.8, 4) is 17.2 Å². The molecule has 2 aliphatic rings. The quantitative estimate of drug-likeness (QED) is 0.165. The Hall–Kier alpha value is -4.05. The minimum Gasteiger partial charge on any atom is -0.497 e. The minimum atomic E-state index is -0.164. The highest BCUT2D eigenvalue weighted by molar-refractivity contribution is 5.87. The average Bonchev–Trinajstić information content (AvgIpc) is 3.90. The Kier molecular flexibility index (Phi) is 10.7. The zero-order valence-corrected chi connectivity index (χ0v) is 28.0. The summed E-state index contributed by atoms with van der Waals surface area (Å²) >= 11 is 0. The number of hydrogen-bond acceptors (Lipinski definition) is 7. The smallest absolute Gasteiger partial charge is 0.228 e. The molecule has 1 aliphatic carbocycles. The predicted octanol–water partition coefficient (Wildman–Crippen LogP) is 5.76. The first kappa shape index (κ1) is 32.9. The molecule has 250 valence electrons. The predicted molar refractivity (Wildman–Crippen MR) is 182 cm³/mol. The van der Waals surface area contributed by atoms with E-state index in [0.29, 0.717) is 39.5 Å². The molecular weight excluding hydrogens is 594 g/mol. The van der Waals surface area contributed by atoms with E-state index >= 15 is 0 Å². The van der Waals surface area contributed by atoms with Crippen LogP contribution in [0.2, 0.25) is 0 Å². The van der Waals surface area contributed by atoms with Crippen molar-refractivity contribution in [2.45, 2.75) is 50.9 Å². The maximum absolute atomic E-state index is 14.6. The molecular formula is C38H47N3O6. The first-order valence-electron chi connectivity index (χ1n) is 16.6. The average molecular weight is 642 g/mol. The molecule has 1 N–H and O–H groups in total. The van der Waals surface area contributed by atoms with Gasteiger partial charge in [0.25, 0.3) is 0 Å². The summed E-state index contributed by atoms with van der Waals surface area (Å²) in [5, 5.41) is 4.75. The van der Waals surface area contributed by atoms with Crippen LogP contribution in [0, 0.1) is 5.92 Å². The van der Waals surface area contributed by atoms with Crippen molar-refractivity contribution in [1.29, 1.82) is 0 Å². The highest BCUT2D eigenvalue weighted by Gasteiger charge is 2.41. The topological polar surface area (TPSA) is 83.4 Å². The summed E-state index contributed by atoms with van der Waals surface area (Å²) in [6.45, 7) is 4.30. The lowest BCUT2D eigenvalue weighted by molar-refractivity contribution is -0.138. The molecule has 0 unspecified atom stereocenters. The fourth-order valence-corrected chi connectivity index (χ4v) is 6.88. The highest BCUT2D eigenvalue weighted by atomic mass is 16.5. The van der Waals surface area contributed by atoms with Crippen molar-refractivity contribution in [3.63, 3.8) is 0 Å². The van der Waals surface area contributed by atoms with Crippen LogP contribution in [0.3, 0.4) is 0 Å². The molecule has 4 aromatic rings. The van der Waals surface area contributed by atoms with Gasteiger partial charge in [0.2, 0.25) is 5.91 Å². The fraction of sp³-hybridized carbons (Fsp3) is 0.447. The number of carbonyl (C=O) groups excluding carboxylic acids is 1. The van der Waals surface area contributed by atoms with E-state index in [-0.39, 0.29) is 23.8 Å². The number of nitrogens with zero attached hydrogens (tertiary/aromatic N) is 2. The molecule has 1 saturated heterocycles. The number of carbonyl (C=O) groups is 1. The third kappa shape index (κ3) is 7.75. The van der Waals surface area contributed by atoms with Crippen LogP contribution >= 0.6 is 0 Å². The van der Waals surface area contributed by atoms with Crippen LogP contribution in [0.5, 0.6) is 17.2 Å². The Morgan fingerprint density at radius 1 is 0.851 bits per heavy atom. The number of methoxy groups -OCH3 is 4. The van der Waals surface area contributed by atoms with Gasteiger partial charge in [-0.25, -0.2) is 0 Å². The van der Waals surface area contributed by atoms with Gasteiger partial charge in [-0.15, -0.1) is 0 Å². The van der Waals surface area contributed by atoms with E-state index in [9.17, 15) is 4.79 Å². The van der Waals surface area contributed by atoms with Crippen molar-refractivity contribution in [1.82, 2.24) is 14.8 Å². The van der Waals surface area contributed by atoms with Gasteiger partial charge in [0.15, 0.2) is 0 Å². The SMILES string of the molecule is COCCOCc1cc(CN(C(=O)[C@H]2CNCC[C@@H]2c2cn(Cc3cc(OC)cc(OC)c3)c3ccccc23)C2CC2)cc(OC)c1. The molecule has 47 heavy (non-hydrogen) atoms. The zero-order chi connectivity index (χ0) is 32.8. The summed E-state index contributed by atoms with van der Waals surface area (Å²) < 4.78 is 29.9. The van der Waals surface area contributed by atoms with Crippen molar-refractivity contribution in [3.05, 3.63) is 89.1 Å². The van der Waals surface area contributed by atoms with Crippen molar-refractivity contribution < 1.29 is 28.5 Å². The van der Waals surface area contributed by atoms with Gasteiger partial charge in [0.1, 0.15) is 17.2 Å². The maximum atomic E-state index is 14.6. The van der Waals surface area contributed by atoms with E-state index in [1.807, 2.05) is 18.2 Å². The highest BCUT2D eigenvalue weighted by Crippen LogP contribution is 2.40. The second-order valence-corrected chi connectivity index (χ2v) is 12.6. The second-order valence-electron chi connectivity index (χ2n) is 12.6. The van der Waals surface area contributed by atoms with Gasteiger partial charge in [0.05, 0.1) is 47.1 Å². The standard InChI is InChI=1S/C38H47N3O6/c1-43-13-14-47-25-28-15-26(16-30(19-28)44-2)23-41(29-9-10-29)38(42)35-21-39-12-11-33(35)36-24-40(37-8-6-5-7-34(36)37)22-27-17-31(45-3)20-32(18-27)46-4/h5-8,15-20,24,29,33,35,39H,9-14,21-23,25H2,1-4H3/t33-,35-/m0/s1. The lowest BCUT2D eigenvalue weighted by atomic mass is 9.80. The Morgan fingerprint density at radius 3 is 2.28 bits per heavy atom. The van der Waals surface area contributed by atoms with Crippen LogP contribution in [0.15, 0.2) is 66.9 Å². The van der Waals surface area contributed by atoms with Crippen LogP contribution in [0.1, 0.15) is 47.4 Å². The number of benzene rings is 3. The number of para-hydroxylation sites is 1. The molecule has 0 spiro atoms. The summed E-state index contributed by atoms with van der Waals surface area (Å²) in [6, 6.07) is 21.0. The summed E-state index contributed by atoms with van der Waals surface area (Å²) in [4.78, 5) is 16.7. The van der Waals surface area contributed by atoms with Crippen molar-refractivity contribution in [2.24, 2.45) is 5.92 Å². The Bertz CT molecular complexity index is 1640. The van der Waals surface area contributed by atoms with Gasteiger partial charge in [-0.3, -0.25) is 4.79 Å². The summed E-state index contributed by atoms with van der Waals surface area (Å²) in [5.74, 6) is 2.47. The molecule has 1 saturated carbocycles. The molecule has 2 fully saturated rings. The Labute approximate surface area is 277 Å². The molecule has 1 amide bonds. The van der Waals surface area contributed by atoms with E-state index in [2.05, 4.69) is 63.4 Å². The van der Waals surface area contributed by atoms with Gasteiger partial charge >= 0.3 is 0 Å². The van der Waals surface area contributed by atoms with E-state index in [1.165, 1.54) is 10.9 Å². The van der Waals surface area contributed by atoms with Gasteiger partial charge in [-0.2, -0.15) is 0 Å². The van der Waals surface area contributed by atoms with Crippen molar-refractivity contribution >= 4 is 16.8 Å². The first-order chi connectivity index (χ1) is 23.0. The van der Waals surface area contributed by atoms with Crippen LogP contribution in [-0.2, 0) is 34.0 Å². The van der Waals surface area contributed by atoms with Crippen LogP contribution in [0.25, 0.3) is 10.9 Å². The van der Waals surface area contributed by atoms with Crippen molar-refractivity contribution in [2.75, 3.05) is 54.7 Å². The van der Waals surface area contributed by atoms with Gasteiger partial charge < -0.3 is 38.5 Å². The Morgan fingerprint density at radius 2 is 1.55 bits per heavy atom. The molecule has 1 aliphatic heterocycles. The fourth-order valence-electron chi connectivity index (χ4n) is 6.88. The number of amides is 1. The summed E-state index contributed by atoms with van der Waals surface area (Å²) in [6.07, 6.45) is 5.25. The first-order valence-corrected chi connectivity index (χ1v) is 16.6. The summed E-state index contributed by atoms with van der Waals surface area (Å²) in [5.41, 5.74) is 5.57. The molecule has 9 nitrogen and oxygen atoms in total. The molecule has 0 radical (unpaired) electrons. The second kappa shape index (κ2) is 15.2. The number of rotatable bonds is 15. The largest absolute Gasteiger partial charge is 0.497 e. The number of ether oxygens (including phenoxy) is 5. The molecule has 0 bridgehead atoms. The number of piperidine rings is 1. The van der Waals surface area contributed by atoms with Gasteiger partial charge in [0, 0.05) is 61.9 Å². The van der Waals surface area contributed by atoms with E-state index in [0.717, 1.165) is 65.3 Å². The molecule has 6 rings (SSSR count). The van der Waals surface area contributed by atoms with E-state index in [4.69, 9.17) is 23.7 Å². The normalized spacial score (nSPS) is 17.9.